The zero-order valence-electron chi connectivity index (χ0n) is 11.7. The van der Waals surface area contributed by atoms with Gasteiger partial charge in [0.2, 0.25) is 10.0 Å². The molecule has 1 aromatic rings. The van der Waals surface area contributed by atoms with E-state index in [1.54, 1.807) is 7.11 Å². The first-order chi connectivity index (χ1) is 9.59. The minimum absolute atomic E-state index is 0.00527. The second kappa shape index (κ2) is 5.62. The molecule has 6 nitrogen and oxygen atoms in total. The second-order valence-electron chi connectivity index (χ2n) is 5.51. The van der Waals surface area contributed by atoms with Crippen LogP contribution in [0.2, 0.25) is 0 Å². The van der Waals surface area contributed by atoms with Crippen LogP contribution < -0.4 is 4.72 Å². The van der Waals surface area contributed by atoms with E-state index in [1.165, 1.54) is 6.07 Å². The summed E-state index contributed by atoms with van der Waals surface area (Å²) in [7, 11) is -2.17. The van der Waals surface area contributed by atoms with Crippen LogP contribution in [0.1, 0.15) is 29.9 Å². The molecular formula is C12H16BrNO5S2. The SMILES string of the molecule is COC1CC(NS(=O)(=O)c2cc(C(=O)O)sc2Br)C1(C)C. The van der Waals surface area contributed by atoms with E-state index in [1.807, 2.05) is 13.8 Å². The van der Waals surface area contributed by atoms with E-state index in [0.717, 1.165) is 11.3 Å². The molecule has 0 amide bonds. The fraction of sp³-hybridized carbons (Fsp3) is 0.583. The van der Waals surface area contributed by atoms with Gasteiger partial charge in [0.05, 0.1) is 9.89 Å². The third kappa shape index (κ3) is 3.02. The molecule has 9 heteroatoms. The number of aromatic carboxylic acids is 1. The van der Waals surface area contributed by atoms with Crippen LogP contribution in [0.5, 0.6) is 0 Å². The summed E-state index contributed by atoms with van der Waals surface area (Å²) in [5.41, 5.74) is -0.306. The molecule has 118 valence electrons. The van der Waals surface area contributed by atoms with E-state index in [4.69, 9.17) is 9.84 Å². The Labute approximate surface area is 135 Å². The Morgan fingerprint density at radius 2 is 2.19 bits per heavy atom. The summed E-state index contributed by atoms with van der Waals surface area (Å²) in [5, 5.41) is 8.94. The molecule has 0 bridgehead atoms. The lowest BCUT2D eigenvalue weighted by molar-refractivity contribution is -0.0908. The Kier molecular flexibility index (Phi) is 4.52. The average molecular weight is 398 g/mol. The summed E-state index contributed by atoms with van der Waals surface area (Å²) >= 11 is 4.00. The van der Waals surface area contributed by atoms with Crippen molar-refractivity contribution in [3.63, 3.8) is 0 Å². The number of thiophene rings is 1. The largest absolute Gasteiger partial charge is 0.477 e. The average Bonchev–Trinajstić information content (AvgIpc) is 2.77. The van der Waals surface area contributed by atoms with E-state index in [2.05, 4.69) is 20.7 Å². The summed E-state index contributed by atoms with van der Waals surface area (Å²) in [5.74, 6) is -1.15. The molecule has 0 radical (unpaired) electrons. The first kappa shape index (κ1) is 16.9. The Balaban J connectivity index is 2.22. The molecule has 1 fully saturated rings. The van der Waals surface area contributed by atoms with Crippen LogP contribution in [0.15, 0.2) is 14.7 Å². The van der Waals surface area contributed by atoms with Crippen molar-refractivity contribution in [1.29, 1.82) is 0 Å². The fourth-order valence-electron chi connectivity index (χ4n) is 2.38. The number of ether oxygens (including phenoxy) is 1. The Morgan fingerprint density at radius 3 is 2.62 bits per heavy atom. The van der Waals surface area contributed by atoms with Crippen molar-refractivity contribution in [3.05, 3.63) is 14.7 Å². The van der Waals surface area contributed by atoms with Crippen LogP contribution in [0.3, 0.4) is 0 Å². The zero-order chi connectivity index (χ0) is 16.0. The van der Waals surface area contributed by atoms with E-state index in [9.17, 15) is 13.2 Å². The van der Waals surface area contributed by atoms with Crippen molar-refractivity contribution in [2.45, 2.75) is 37.3 Å². The fourth-order valence-corrected chi connectivity index (χ4v) is 6.19. The minimum Gasteiger partial charge on any atom is -0.477 e. The lowest BCUT2D eigenvalue weighted by atomic mass is 9.65. The highest BCUT2D eigenvalue weighted by molar-refractivity contribution is 9.11. The Bertz CT molecular complexity index is 667. The van der Waals surface area contributed by atoms with Gasteiger partial charge in [-0.15, -0.1) is 11.3 Å². The quantitative estimate of drug-likeness (QED) is 0.794. The van der Waals surface area contributed by atoms with E-state index >= 15 is 0 Å². The molecule has 0 saturated heterocycles. The lowest BCUT2D eigenvalue weighted by Gasteiger charge is -2.50. The van der Waals surface area contributed by atoms with Crippen LogP contribution in [0.25, 0.3) is 0 Å². The van der Waals surface area contributed by atoms with Crippen molar-refractivity contribution in [3.8, 4) is 0 Å². The van der Waals surface area contributed by atoms with Gasteiger partial charge in [-0.1, -0.05) is 13.8 Å². The first-order valence-electron chi connectivity index (χ1n) is 6.17. The molecule has 0 aliphatic heterocycles. The van der Waals surface area contributed by atoms with Crippen LogP contribution in [0.4, 0.5) is 0 Å². The Hall–Kier alpha value is -0.480. The van der Waals surface area contributed by atoms with Gasteiger partial charge in [-0.05, 0) is 28.4 Å². The first-order valence-corrected chi connectivity index (χ1v) is 9.26. The molecule has 1 aliphatic rings. The van der Waals surface area contributed by atoms with Gasteiger partial charge in [0, 0.05) is 18.6 Å². The van der Waals surface area contributed by atoms with Crippen LogP contribution in [-0.4, -0.2) is 38.7 Å². The van der Waals surface area contributed by atoms with Gasteiger partial charge in [0.15, 0.2) is 0 Å². The van der Waals surface area contributed by atoms with Gasteiger partial charge in [0.1, 0.15) is 9.77 Å². The third-order valence-corrected chi connectivity index (χ3v) is 7.63. The summed E-state index contributed by atoms with van der Waals surface area (Å²) in [6, 6.07) is 0.923. The van der Waals surface area contributed by atoms with Gasteiger partial charge in [-0.3, -0.25) is 0 Å². The van der Waals surface area contributed by atoms with Crippen molar-refractivity contribution in [1.82, 2.24) is 4.72 Å². The summed E-state index contributed by atoms with van der Waals surface area (Å²) in [6.45, 7) is 3.87. The highest BCUT2D eigenvalue weighted by Crippen LogP contribution is 2.43. The second-order valence-corrected chi connectivity index (χ2v) is 9.56. The molecule has 2 N–H and O–H groups in total. The molecule has 2 atom stereocenters. The standard InChI is InChI=1S/C12H16BrNO5S2/c1-12(2)8(5-9(12)19-3)14-21(17,18)7-4-6(11(15)16)20-10(7)13/h4,8-9,14H,5H2,1-3H3,(H,15,16). The predicted octanol–water partition coefficient (Wildman–Crippen LogP) is 2.30. The molecule has 0 spiro atoms. The lowest BCUT2D eigenvalue weighted by Crippen LogP contribution is -2.61. The number of methoxy groups -OCH3 is 1. The minimum atomic E-state index is -3.77. The summed E-state index contributed by atoms with van der Waals surface area (Å²) < 4.78 is 33.0. The molecule has 0 aromatic carbocycles. The predicted molar refractivity (Wildman–Crippen MR) is 82.3 cm³/mol. The summed E-state index contributed by atoms with van der Waals surface area (Å²) in [4.78, 5) is 10.9. The maximum absolute atomic E-state index is 12.4. The van der Waals surface area contributed by atoms with E-state index in [-0.39, 0.29) is 31.1 Å². The number of nitrogens with one attached hydrogen (secondary N) is 1. The van der Waals surface area contributed by atoms with Crippen molar-refractivity contribution in [2.24, 2.45) is 5.41 Å². The molecule has 1 aromatic heterocycles. The van der Waals surface area contributed by atoms with Gasteiger partial charge in [-0.2, -0.15) is 0 Å². The van der Waals surface area contributed by atoms with Crippen LogP contribution in [0, 0.1) is 5.41 Å². The maximum Gasteiger partial charge on any atom is 0.345 e. The van der Waals surface area contributed by atoms with Gasteiger partial charge >= 0.3 is 5.97 Å². The third-order valence-electron chi connectivity index (χ3n) is 3.92. The number of sulfonamides is 1. The molecule has 1 heterocycles. The number of carbonyl (C=O) groups is 1. The highest BCUT2D eigenvalue weighted by atomic mass is 79.9. The topological polar surface area (TPSA) is 92.7 Å². The number of rotatable bonds is 5. The van der Waals surface area contributed by atoms with Crippen LogP contribution >= 0.6 is 27.3 Å². The number of hydrogen-bond acceptors (Lipinski definition) is 5. The Morgan fingerprint density at radius 1 is 1.57 bits per heavy atom. The van der Waals surface area contributed by atoms with Gasteiger partial charge in [0.25, 0.3) is 0 Å². The van der Waals surface area contributed by atoms with E-state index in [0.29, 0.717) is 6.42 Å². The number of halogens is 1. The number of hydrogen-bond donors (Lipinski definition) is 2. The molecule has 2 unspecified atom stereocenters. The normalized spacial score (nSPS) is 24.6. The van der Waals surface area contributed by atoms with Crippen molar-refractivity contribution >= 4 is 43.3 Å². The molecule has 1 aliphatic carbocycles. The van der Waals surface area contributed by atoms with Gasteiger partial charge < -0.3 is 9.84 Å². The number of carboxylic acid groups (broad SMARTS) is 1. The molecular weight excluding hydrogens is 382 g/mol. The van der Waals surface area contributed by atoms with Crippen LogP contribution in [-0.2, 0) is 14.8 Å². The maximum atomic E-state index is 12.4. The smallest absolute Gasteiger partial charge is 0.345 e. The summed E-state index contributed by atoms with van der Waals surface area (Å²) in [6.07, 6.45) is 0.599. The monoisotopic (exact) mass is 397 g/mol. The molecule has 1 saturated carbocycles. The van der Waals surface area contributed by atoms with Crippen molar-refractivity contribution in [2.75, 3.05) is 7.11 Å². The number of carboxylic acids is 1. The molecule has 21 heavy (non-hydrogen) atoms. The molecule has 2 rings (SSSR count). The van der Waals surface area contributed by atoms with Gasteiger partial charge in [-0.25, -0.2) is 17.9 Å². The highest BCUT2D eigenvalue weighted by Gasteiger charge is 2.50. The zero-order valence-corrected chi connectivity index (χ0v) is 14.9. The van der Waals surface area contributed by atoms with E-state index < -0.39 is 16.0 Å². The van der Waals surface area contributed by atoms with Crippen molar-refractivity contribution < 1.29 is 23.1 Å².